The number of hydrogen-bond donors (Lipinski definition) is 1. The highest BCUT2D eigenvalue weighted by molar-refractivity contribution is 6.30. The third kappa shape index (κ3) is 2.63. The Bertz CT molecular complexity index is 744. The van der Waals surface area contributed by atoms with Crippen LogP contribution in [0.15, 0.2) is 42.5 Å². The first-order valence-electron chi connectivity index (χ1n) is 6.65. The first kappa shape index (κ1) is 14.4. The minimum Gasteiger partial charge on any atom is -0.481 e. The minimum atomic E-state index is -0.304. The van der Waals surface area contributed by atoms with Crippen molar-refractivity contribution >= 4 is 34.8 Å². The smallest absolute Gasteiger partial charge is 0.264 e. The number of hydrogen-bond acceptors (Lipinski definition) is 3. The van der Waals surface area contributed by atoms with E-state index in [0.717, 1.165) is 0 Å². The van der Waals surface area contributed by atoms with Crippen molar-refractivity contribution in [1.82, 2.24) is 0 Å². The minimum absolute atomic E-state index is 0.0747. The molecule has 3 rings (SSSR count). The van der Waals surface area contributed by atoms with Crippen LogP contribution in [0.5, 0.6) is 5.75 Å². The molecule has 0 saturated heterocycles. The molecule has 2 amide bonds. The second-order valence-corrected chi connectivity index (χ2v) is 5.29. The summed E-state index contributed by atoms with van der Waals surface area (Å²) in [7, 11) is 1.66. The Morgan fingerprint density at radius 3 is 2.68 bits per heavy atom. The van der Waals surface area contributed by atoms with Crippen molar-refractivity contribution in [3.8, 4) is 5.75 Å². The van der Waals surface area contributed by atoms with Gasteiger partial charge in [-0.3, -0.25) is 9.59 Å². The number of nitrogens with one attached hydrogen (secondary N) is 1. The van der Waals surface area contributed by atoms with Gasteiger partial charge >= 0.3 is 0 Å². The van der Waals surface area contributed by atoms with E-state index in [9.17, 15) is 9.59 Å². The highest BCUT2D eigenvalue weighted by atomic mass is 35.5. The highest BCUT2D eigenvalue weighted by Crippen LogP contribution is 2.34. The Kier molecular flexibility index (Phi) is 3.73. The molecule has 2 aromatic rings. The summed E-state index contributed by atoms with van der Waals surface area (Å²) in [6.07, 6.45) is 0. The van der Waals surface area contributed by atoms with Gasteiger partial charge in [-0.05, 0) is 36.4 Å². The zero-order valence-electron chi connectivity index (χ0n) is 11.8. The second kappa shape index (κ2) is 5.69. The summed E-state index contributed by atoms with van der Waals surface area (Å²) >= 11 is 5.82. The molecular formula is C16H13ClN2O3. The lowest BCUT2D eigenvalue weighted by Gasteiger charge is -2.27. The summed E-state index contributed by atoms with van der Waals surface area (Å²) in [5.41, 5.74) is 1.60. The molecule has 1 heterocycles. The number of carbonyl (C=O) groups is 2. The molecule has 0 spiro atoms. The monoisotopic (exact) mass is 316 g/mol. The van der Waals surface area contributed by atoms with Crippen LogP contribution in [0.25, 0.3) is 0 Å². The zero-order valence-corrected chi connectivity index (χ0v) is 12.6. The number of anilines is 2. The lowest BCUT2D eigenvalue weighted by molar-refractivity contribution is -0.121. The number of rotatable bonds is 2. The summed E-state index contributed by atoms with van der Waals surface area (Å²) in [6, 6.07) is 11.9. The van der Waals surface area contributed by atoms with Crippen LogP contribution in [0.2, 0.25) is 5.02 Å². The molecule has 0 bridgehead atoms. The molecule has 2 aromatic carbocycles. The first-order chi connectivity index (χ1) is 10.6. The van der Waals surface area contributed by atoms with Crippen molar-refractivity contribution in [2.45, 2.75) is 0 Å². The van der Waals surface area contributed by atoms with Gasteiger partial charge in [0.2, 0.25) is 0 Å². The first-order valence-corrected chi connectivity index (χ1v) is 7.03. The quantitative estimate of drug-likeness (QED) is 0.926. The zero-order chi connectivity index (χ0) is 15.7. The largest absolute Gasteiger partial charge is 0.481 e. The number of nitrogens with zero attached hydrogens (tertiary/aromatic N) is 1. The maximum Gasteiger partial charge on any atom is 0.264 e. The molecule has 0 saturated carbocycles. The number of amides is 2. The van der Waals surface area contributed by atoms with E-state index < -0.39 is 0 Å². The fourth-order valence-electron chi connectivity index (χ4n) is 2.22. The summed E-state index contributed by atoms with van der Waals surface area (Å²) in [6.45, 7) is -0.0747. The van der Waals surface area contributed by atoms with Gasteiger partial charge in [-0.2, -0.15) is 0 Å². The van der Waals surface area contributed by atoms with Crippen LogP contribution >= 0.6 is 11.6 Å². The number of fused-ring (bicyclic) bond motifs is 1. The van der Waals surface area contributed by atoms with E-state index in [-0.39, 0.29) is 18.4 Å². The van der Waals surface area contributed by atoms with Gasteiger partial charge < -0.3 is 15.0 Å². The predicted octanol–water partition coefficient (Wildman–Crippen LogP) is 2.95. The summed E-state index contributed by atoms with van der Waals surface area (Å²) in [5, 5.41) is 3.38. The van der Waals surface area contributed by atoms with Gasteiger partial charge in [0, 0.05) is 17.8 Å². The molecule has 0 unspecified atom stereocenters. The van der Waals surface area contributed by atoms with Crippen LogP contribution in [0, 0.1) is 0 Å². The Labute approximate surface area is 132 Å². The summed E-state index contributed by atoms with van der Waals surface area (Å²) < 4.78 is 5.44. The maximum atomic E-state index is 12.4. The van der Waals surface area contributed by atoms with Crippen molar-refractivity contribution in [2.24, 2.45) is 0 Å². The Morgan fingerprint density at radius 1 is 1.23 bits per heavy atom. The van der Waals surface area contributed by atoms with Gasteiger partial charge in [-0.15, -0.1) is 0 Å². The molecule has 1 aliphatic rings. The van der Waals surface area contributed by atoms with E-state index in [0.29, 0.717) is 27.7 Å². The van der Waals surface area contributed by atoms with Gasteiger partial charge in [-0.1, -0.05) is 17.7 Å². The Hall–Kier alpha value is -2.53. The van der Waals surface area contributed by atoms with Gasteiger partial charge in [0.25, 0.3) is 11.8 Å². The predicted molar refractivity (Wildman–Crippen MR) is 84.8 cm³/mol. The fraction of sp³-hybridized carbons (Fsp3) is 0.125. The van der Waals surface area contributed by atoms with Gasteiger partial charge in [0.15, 0.2) is 12.4 Å². The third-order valence-corrected chi connectivity index (χ3v) is 3.67. The maximum absolute atomic E-state index is 12.4. The van der Waals surface area contributed by atoms with Crippen LogP contribution in [0.1, 0.15) is 10.4 Å². The lowest BCUT2D eigenvalue weighted by atomic mass is 10.1. The van der Waals surface area contributed by atoms with Crippen LogP contribution in [0.3, 0.4) is 0 Å². The fourth-order valence-corrected chi connectivity index (χ4v) is 2.34. The topological polar surface area (TPSA) is 58.6 Å². The number of carbonyl (C=O) groups excluding carboxylic acids is 2. The van der Waals surface area contributed by atoms with E-state index >= 15 is 0 Å². The Morgan fingerprint density at radius 2 is 1.95 bits per heavy atom. The van der Waals surface area contributed by atoms with E-state index in [2.05, 4.69) is 5.32 Å². The average molecular weight is 317 g/mol. The number of benzene rings is 2. The molecule has 5 nitrogen and oxygen atoms in total. The number of halogens is 1. The van der Waals surface area contributed by atoms with Crippen LogP contribution in [0.4, 0.5) is 11.4 Å². The van der Waals surface area contributed by atoms with E-state index in [1.807, 2.05) is 0 Å². The van der Waals surface area contributed by atoms with Crippen molar-refractivity contribution < 1.29 is 14.3 Å². The molecule has 0 fully saturated rings. The molecular weight excluding hydrogens is 304 g/mol. The van der Waals surface area contributed by atoms with Gasteiger partial charge in [0.05, 0.1) is 11.3 Å². The van der Waals surface area contributed by atoms with E-state index in [1.54, 1.807) is 49.5 Å². The van der Waals surface area contributed by atoms with Crippen molar-refractivity contribution in [3.63, 3.8) is 0 Å². The number of likely N-dealkylation sites (N-methyl/N-ethyl adjacent to an activating group) is 1. The molecule has 6 heteroatoms. The number of ether oxygens (including phenoxy) is 1. The summed E-state index contributed by atoms with van der Waals surface area (Å²) in [4.78, 5) is 25.6. The molecule has 0 aromatic heterocycles. The van der Waals surface area contributed by atoms with Gasteiger partial charge in [-0.25, -0.2) is 0 Å². The van der Waals surface area contributed by atoms with Crippen LogP contribution in [-0.4, -0.2) is 25.5 Å². The molecule has 1 N–H and O–H groups in total. The molecule has 0 atom stereocenters. The van der Waals surface area contributed by atoms with Crippen LogP contribution < -0.4 is 15.0 Å². The lowest BCUT2D eigenvalue weighted by Crippen LogP contribution is -2.36. The second-order valence-electron chi connectivity index (χ2n) is 4.86. The average Bonchev–Trinajstić information content (AvgIpc) is 2.52. The van der Waals surface area contributed by atoms with Gasteiger partial charge in [0.1, 0.15) is 0 Å². The van der Waals surface area contributed by atoms with E-state index in [4.69, 9.17) is 16.3 Å². The highest BCUT2D eigenvalue weighted by Gasteiger charge is 2.26. The normalized spacial score (nSPS) is 13.4. The summed E-state index contributed by atoms with van der Waals surface area (Å²) in [5.74, 6) is -0.0410. The molecule has 22 heavy (non-hydrogen) atoms. The van der Waals surface area contributed by atoms with Crippen molar-refractivity contribution in [3.05, 3.63) is 53.1 Å². The third-order valence-electron chi connectivity index (χ3n) is 3.42. The molecule has 112 valence electrons. The van der Waals surface area contributed by atoms with Crippen molar-refractivity contribution in [1.29, 1.82) is 0 Å². The standard InChI is InChI=1S/C16H13ClN2O3/c1-19-13-4-2-3-12(15(13)22-9-14(19)20)16(21)18-11-7-5-10(17)6-8-11/h2-8H,9H2,1H3,(H,18,21). The molecule has 0 radical (unpaired) electrons. The van der Waals surface area contributed by atoms with Crippen LogP contribution in [-0.2, 0) is 4.79 Å². The van der Waals surface area contributed by atoms with E-state index in [1.165, 1.54) is 4.90 Å². The number of para-hydroxylation sites is 1. The molecule has 0 aliphatic carbocycles. The SMILES string of the molecule is CN1C(=O)COc2c(C(=O)Nc3ccc(Cl)cc3)cccc21. The molecule has 1 aliphatic heterocycles. The van der Waals surface area contributed by atoms with Crippen molar-refractivity contribution in [2.75, 3.05) is 23.9 Å². The Balaban J connectivity index is 1.90.